The molecule has 1 fully saturated rings. The SMILES string of the molecule is Cc1ccc2c(c1)c(C)cn2C.NC(=O)[C@H]1CCCN1c1ccnc(-n2ccnc2)n1. The van der Waals surface area contributed by atoms with E-state index in [1.54, 1.807) is 35.6 Å². The Kier molecular flexibility index (Phi) is 5.70. The van der Waals surface area contributed by atoms with Gasteiger partial charge in [-0.3, -0.25) is 9.36 Å². The molecule has 1 atom stereocenters. The zero-order chi connectivity index (χ0) is 22.0. The zero-order valence-electron chi connectivity index (χ0n) is 18.1. The molecule has 8 heteroatoms. The first-order chi connectivity index (χ1) is 14.9. The number of fused-ring (bicyclic) bond motifs is 1. The number of hydrogen-bond donors (Lipinski definition) is 1. The van der Waals surface area contributed by atoms with Gasteiger partial charge in [-0.25, -0.2) is 9.97 Å². The third-order valence-corrected chi connectivity index (χ3v) is 5.58. The third kappa shape index (κ3) is 4.28. The Morgan fingerprint density at radius 3 is 2.77 bits per heavy atom. The Labute approximate surface area is 181 Å². The lowest BCUT2D eigenvalue weighted by molar-refractivity contribution is -0.119. The Morgan fingerprint density at radius 2 is 2.03 bits per heavy atom. The van der Waals surface area contributed by atoms with Gasteiger partial charge in [-0.15, -0.1) is 0 Å². The summed E-state index contributed by atoms with van der Waals surface area (Å²) in [7, 11) is 2.09. The van der Waals surface area contributed by atoms with E-state index in [2.05, 4.69) is 64.8 Å². The van der Waals surface area contributed by atoms with Crippen molar-refractivity contribution in [2.45, 2.75) is 32.7 Å². The summed E-state index contributed by atoms with van der Waals surface area (Å²) < 4.78 is 3.89. The lowest BCUT2D eigenvalue weighted by Crippen LogP contribution is -2.40. The molecule has 4 aromatic rings. The molecule has 2 N–H and O–H groups in total. The molecule has 0 spiro atoms. The number of aryl methyl sites for hydroxylation is 3. The minimum absolute atomic E-state index is 0.273. The van der Waals surface area contributed by atoms with Crippen molar-refractivity contribution in [2.75, 3.05) is 11.4 Å². The number of primary amides is 1. The number of aromatic nitrogens is 5. The molecule has 31 heavy (non-hydrogen) atoms. The van der Waals surface area contributed by atoms with Crippen molar-refractivity contribution in [3.63, 3.8) is 0 Å². The Hall–Kier alpha value is -3.68. The summed E-state index contributed by atoms with van der Waals surface area (Å²) in [5.74, 6) is 0.949. The molecule has 0 radical (unpaired) electrons. The average Bonchev–Trinajstić information content (AvgIpc) is 3.50. The second-order valence-corrected chi connectivity index (χ2v) is 7.88. The molecule has 160 valence electrons. The first-order valence-electron chi connectivity index (χ1n) is 10.3. The second-order valence-electron chi connectivity index (χ2n) is 7.88. The summed E-state index contributed by atoms with van der Waals surface area (Å²) in [4.78, 5) is 26.0. The van der Waals surface area contributed by atoms with Crippen LogP contribution in [0.4, 0.5) is 5.82 Å². The monoisotopic (exact) mass is 417 g/mol. The zero-order valence-corrected chi connectivity index (χ0v) is 18.1. The van der Waals surface area contributed by atoms with Gasteiger partial charge >= 0.3 is 0 Å². The predicted molar refractivity (Wildman–Crippen MR) is 121 cm³/mol. The van der Waals surface area contributed by atoms with Crippen LogP contribution < -0.4 is 10.6 Å². The van der Waals surface area contributed by atoms with Crippen molar-refractivity contribution in [2.24, 2.45) is 12.8 Å². The van der Waals surface area contributed by atoms with Gasteiger partial charge in [0.1, 0.15) is 18.2 Å². The Bertz CT molecular complexity index is 1200. The maximum Gasteiger partial charge on any atom is 0.240 e. The summed E-state index contributed by atoms with van der Waals surface area (Å²) in [5, 5.41) is 1.37. The van der Waals surface area contributed by atoms with Gasteiger partial charge in [-0.2, -0.15) is 4.98 Å². The van der Waals surface area contributed by atoms with Crippen LogP contribution in [0.1, 0.15) is 24.0 Å². The fraction of sp³-hybridized carbons (Fsp3) is 0.304. The minimum atomic E-state index is -0.305. The van der Waals surface area contributed by atoms with Crippen molar-refractivity contribution >= 4 is 22.6 Å². The van der Waals surface area contributed by atoms with Crippen LogP contribution in [0, 0.1) is 13.8 Å². The van der Waals surface area contributed by atoms with E-state index < -0.39 is 0 Å². The molecule has 5 rings (SSSR count). The molecule has 0 saturated carbocycles. The van der Waals surface area contributed by atoms with Crippen molar-refractivity contribution in [1.29, 1.82) is 0 Å². The molecule has 1 aliphatic rings. The van der Waals surface area contributed by atoms with Crippen LogP contribution in [-0.2, 0) is 11.8 Å². The van der Waals surface area contributed by atoms with Crippen molar-refractivity contribution in [3.8, 4) is 5.95 Å². The number of imidazole rings is 1. The van der Waals surface area contributed by atoms with Crippen molar-refractivity contribution in [3.05, 3.63) is 66.5 Å². The first kappa shape index (κ1) is 20.6. The van der Waals surface area contributed by atoms with Crippen LogP contribution in [0.25, 0.3) is 16.9 Å². The van der Waals surface area contributed by atoms with Gasteiger partial charge in [0.2, 0.25) is 11.9 Å². The number of anilines is 1. The average molecular weight is 418 g/mol. The lowest BCUT2D eigenvalue weighted by atomic mass is 10.1. The highest BCUT2D eigenvalue weighted by Gasteiger charge is 2.30. The van der Waals surface area contributed by atoms with Crippen molar-refractivity contribution < 1.29 is 4.79 Å². The van der Waals surface area contributed by atoms with Gasteiger partial charge in [0.25, 0.3) is 0 Å². The molecule has 0 unspecified atom stereocenters. The van der Waals surface area contributed by atoms with E-state index in [9.17, 15) is 4.79 Å². The molecule has 1 aromatic carbocycles. The minimum Gasteiger partial charge on any atom is -0.368 e. The highest BCUT2D eigenvalue weighted by atomic mass is 16.1. The van der Waals surface area contributed by atoms with E-state index in [1.807, 2.05) is 4.90 Å². The summed E-state index contributed by atoms with van der Waals surface area (Å²) in [6.45, 7) is 5.07. The van der Waals surface area contributed by atoms with E-state index >= 15 is 0 Å². The van der Waals surface area contributed by atoms with Gasteiger partial charge in [0.15, 0.2) is 0 Å². The highest BCUT2D eigenvalue weighted by Crippen LogP contribution is 2.24. The fourth-order valence-electron chi connectivity index (χ4n) is 4.04. The number of nitrogens with zero attached hydrogens (tertiary/aromatic N) is 6. The van der Waals surface area contributed by atoms with Gasteiger partial charge < -0.3 is 15.2 Å². The van der Waals surface area contributed by atoms with Crippen LogP contribution in [-0.4, -0.2) is 42.6 Å². The number of nitrogens with two attached hydrogens (primary N) is 1. The molecule has 0 aliphatic carbocycles. The summed E-state index contributed by atoms with van der Waals surface area (Å²) in [6, 6.07) is 8.09. The normalized spacial score (nSPS) is 15.7. The second kappa shape index (κ2) is 8.59. The molecule has 3 aromatic heterocycles. The number of carbonyl (C=O) groups is 1. The van der Waals surface area contributed by atoms with E-state index in [0.29, 0.717) is 5.95 Å². The maximum atomic E-state index is 11.4. The topological polar surface area (TPSA) is 94.9 Å². The largest absolute Gasteiger partial charge is 0.368 e. The van der Waals surface area contributed by atoms with E-state index in [0.717, 1.165) is 25.2 Å². The summed E-state index contributed by atoms with van der Waals surface area (Å²) in [6.07, 6.45) is 10.6. The number of rotatable bonds is 3. The highest BCUT2D eigenvalue weighted by molar-refractivity contribution is 5.84. The summed E-state index contributed by atoms with van der Waals surface area (Å²) in [5.41, 5.74) is 9.42. The number of amides is 1. The smallest absolute Gasteiger partial charge is 0.240 e. The molecule has 8 nitrogen and oxygen atoms in total. The molecular weight excluding hydrogens is 390 g/mol. The van der Waals surface area contributed by atoms with Crippen LogP contribution in [0.5, 0.6) is 0 Å². The third-order valence-electron chi connectivity index (χ3n) is 5.58. The number of carbonyl (C=O) groups excluding carboxylic acids is 1. The van der Waals surface area contributed by atoms with Crippen molar-refractivity contribution in [1.82, 2.24) is 24.1 Å². The molecule has 1 amide bonds. The van der Waals surface area contributed by atoms with Gasteiger partial charge in [0.05, 0.1) is 0 Å². The Morgan fingerprint density at radius 1 is 1.19 bits per heavy atom. The van der Waals surface area contributed by atoms with Gasteiger partial charge in [0, 0.05) is 49.3 Å². The molecular formula is C23H27N7O. The van der Waals surface area contributed by atoms with E-state index in [4.69, 9.17) is 5.73 Å². The van der Waals surface area contributed by atoms with Crippen LogP contribution >= 0.6 is 0 Å². The fourth-order valence-corrected chi connectivity index (χ4v) is 4.04. The number of benzene rings is 1. The molecule has 1 aliphatic heterocycles. The maximum absolute atomic E-state index is 11.4. The quantitative estimate of drug-likeness (QED) is 0.553. The lowest BCUT2D eigenvalue weighted by Gasteiger charge is -2.23. The summed E-state index contributed by atoms with van der Waals surface area (Å²) >= 11 is 0. The van der Waals surface area contributed by atoms with Gasteiger partial charge in [-0.05, 0) is 50.5 Å². The molecule has 4 heterocycles. The molecule has 0 bridgehead atoms. The van der Waals surface area contributed by atoms with Crippen LogP contribution in [0.2, 0.25) is 0 Å². The van der Waals surface area contributed by atoms with Gasteiger partial charge in [-0.1, -0.05) is 11.6 Å². The predicted octanol–water partition coefficient (Wildman–Crippen LogP) is 2.91. The Balaban J connectivity index is 0.000000166. The van der Waals surface area contributed by atoms with E-state index in [1.165, 1.54) is 22.0 Å². The molecule has 1 saturated heterocycles. The number of hydrogen-bond acceptors (Lipinski definition) is 5. The standard InChI is InChI=1S/C12H14N6O.C11H13N/c13-11(19)9-2-1-6-18(9)10-3-4-15-12(16-10)17-7-5-14-8-17;1-8-4-5-11-10(6-8)9(2)7-12(11)3/h3-5,7-9H,1-2,6H2,(H2,13,19);4-7H,1-3H3/t9-;/m1./s1. The van der Waals surface area contributed by atoms with E-state index in [-0.39, 0.29) is 11.9 Å². The van der Waals surface area contributed by atoms with Crippen LogP contribution in [0.3, 0.4) is 0 Å². The first-order valence-corrected chi connectivity index (χ1v) is 10.3. The van der Waals surface area contributed by atoms with Crippen LogP contribution in [0.15, 0.2) is 55.4 Å².